The topological polar surface area (TPSA) is 119 Å². The van der Waals surface area contributed by atoms with E-state index in [0.29, 0.717) is 36.0 Å². The number of hydrogen-bond acceptors (Lipinski definition) is 6. The molecule has 32 heavy (non-hydrogen) atoms. The number of amides is 2. The molecule has 8 heteroatoms. The van der Waals surface area contributed by atoms with Crippen LogP contribution in [0.4, 0.5) is 23.0 Å². The first-order valence-electron chi connectivity index (χ1n) is 10.0. The first kappa shape index (κ1) is 22.3. The zero-order chi connectivity index (χ0) is 22.9. The van der Waals surface area contributed by atoms with Gasteiger partial charge in [0.25, 0.3) is 0 Å². The number of carbonyl (C=O) groups excluding carboxylic acids is 2. The number of benzene rings is 2. The van der Waals surface area contributed by atoms with E-state index in [1.807, 2.05) is 48.5 Å². The van der Waals surface area contributed by atoms with Gasteiger partial charge in [0, 0.05) is 38.3 Å². The summed E-state index contributed by atoms with van der Waals surface area (Å²) in [4.78, 5) is 27.0. The summed E-state index contributed by atoms with van der Waals surface area (Å²) < 4.78 is 0. The molecule has 1 aromatic heterocycles. The number of hydrogen-bond donors (Lipinski definition) is 4. The van der Waals surface area contributed by atoms with Gasteiger partial charge in [-0.05, 0) is 47.5 Å². The van der Waals surface area contributed by atoms with Crippen LogP contribution in [0.15, 0.2) is 60.7 Å². The van der Waals surface area contributed by atoms with Crippen LogP contribution < -0.4 is 21.3 Å². The summed E-state index contributed by atoms with van der Waals surface area (Å²) in [6.45, 7) is 3.88. The van der Waals surface area contributed by atoms with Gasteiger partial charge in [0.15, 0.2) is 0 Å². The molecule has 8 nitrogen and oxygen atoms in total. The number of aromatic nitrogens is 1. The van der Waals surface area contributed by atoms with E-state index in [2.05, 4.69) is 32.3 Å². The Balaban J connectivity index is 1.67. The molecule has 1 heterocycles. The first-order chi connectivity index (χ1) is 15.4. The Hall–Kier alpha value is -4.38. The lowest BCUT2D eigenvalue weighted by Crippen LogP contribution is -2.09. The fraction of sp³-hybridized carbons (Fsp3) is 0.167. The van der Waals surface area contributed by atoms with Crippen molar-refractivity contribution in [1.82, 2.24) is 4.98 Å². The second-order valence-electron chi connectivity index (χ2n) is 7.17. The van der Waals surface area contributed by atoms with Crippen molar-refractivity contribution in [3.63, 3.8) is 0 Å². The average molecular weight is 428 g/mol. The van der Waals surface area contributed by atoms with E-state index in [-0.39, 0.29) is 11.8 Å². The third kappa shape index (κ3) is 6.57. The van der Waals surface area contributed by atoms with Crippen LogP contribution in [0.5, 0.6) is 0 Å². The molecule has 3 aromatic rings. The van der Waals surface area contributed by atoms with Crippen LogP contribution >= 0.6 is 0 Å². The van der Waals surface area contributed by atoms with Crippen molar-refractivity contribution in [2.75, 3.05) is 21.3 Å². The second-order valence-corrected chi connectivity index (χ2v) is 7.17. The summed E-state index contributed by atoms with van der Waals surface area (Å²) in [7, 11) is 0. The lowest BCUT2D eigenvalue weighted by atomic mass is 10.2. The summed E-state index contributed by atoms with van der Waals surface area (Å²) in [5.41, 5.74) is 3.79. The van der Waals surface area contributed by atoms with Crippen LogP contribution in [0, 0.1) is 11.3 Å². The molecule has 0 saturated heterocycles. The second kappa shape index (κ2) is 10.6. The number of pyridine rings is 1. The van der Waals surface area contributed by atoms with Gasteiger partial charge in [0.2, 0.25) is 11.8 Å². The summed E-state index contributed by atoms with van der Waals surface area (Å²) in [6, 6.07) is 20.6. The van der Waals surface area contributed by atoms with E-state index in [4.69, 9.17) is 0 Å². The van der Waals surface area contributed by atoms with E-state index in [1.54, 1.807) is 12.1 Å². The van der Waals surface area contributed by atoms with Crippen LogP contribution in [-0.4, -0.2) is 16.8 Å². The van der Waals surface area contributed by atoms with Crippen LogP contribution in [0.1, 0.15) is 30.5 Å². The van der Waals surface area contributed by atoms with Gasteiger partial charge in [0.05, 0.1) is 5.56 Å². The molecule has 3 rings (SSSR count). The van der Waals surface area contributed by atoms with Crippen molar-refractivity contribution >= 4 is 34.8 Å². The van der Waals surface area contributed by atoms with Gasteiger partial charge < -0.3 is 21.3 Å². The van der Waals surface area contributed by atoms with Gasteiger partial charge in [-0.3, -0.25) is 9.59 Å². The molecule has 0 aliphatic carbocycles. The van der Waals surface area contributed by atoms with E-state index in [1.165, 1.54) is 13.8 Å². The third-order valence-corrected chi connectivity index (χ3v) is 4.44. The van der Waals surface area contributed by atoms with Gasteiger partial charge in [-0.15, -0.1) is 0 Å². The molecule has 0 spiro atoms. The molecule has 0 bridgehead atoms. The minimum atomic E-state index is -0.134. The summed E-state index contributed by atoms with van der Waals surface area (Å²) >= 11 is 0. The van der Waals surface area contributed by atoms with E-state index in [9.17, 15) is 14.9 Å². The zero-order valence-electron chi connectivity index (χ0n) is 17.9. The van der Waals surface area contributed by atoms with Gasteiger partial charge >= 0.3 is 0 Å². The number of nitrogens with zero attached hydrogens (tertiary/aromatic N) is 2. The highest BCUT2D eigenvalue weighted by atomic mass is 16.2. The number of nitriles is 1. The Kier molecular flexibility index (Phi) is 7.38. The largest absolute Gasteiger partial charge is 0.366 e. The Morgan fingerprint density at radius 2 is 1.41 bits per heavy atom. The molecule has 0 fully saturated rings. The van der Waals surface area contributed by atoms with Gasteiger partial charge in [-0.1, -0.05) is 24.3 Å². The van der Waals surface area contributed by atoms with Crippen molar-refractivity contribution < 1.29 is 9.59 Å². The standard InChI is InChI=1S/C24H24N6O2/c1-16(31)28-21-7-3-5-18(11-21)14-26-23-10-9-20(13-25)24(30-23)27-15-19-6-4-8-22(12-19)29-17(2)32/h3-12H,14-15H2,1-2H3,(H,28,31)(H,29,32)(H2,26,27,30). The molecule has 0 aliphatic rings. The van der Waals surface area contributed by atoms with Gasteiger partial charge in [0.1, 0.15) is 17.7 Å². The summed E-state index contributed by atoms with van der Waals surface area (Å²) in [6.07, 6.45) is 0. The molecule has 0 unspecified atom stereocenters. The fourth-order valence-electron chi connectivity index (χ4n) is 3.09. The van der Waals surface area contributed by atoms with Crippen molar-refractivity contribution in [1.29, 1.82) is 5.26 Å². The number of anilines is 4. The highest BCUT2D eigenvalue weighted by molar-refractivity contribution is 5.89. The van der Waals surface area contributed by atoms with Crippen molar-refractivity contribution in [2.45, 2.75) is 26.9 Å². The Morgan fingerprint density at radius 1 is 0.844 bits per heavy atom. The molecule has 162 valence electrons. The lowest BCUT2D eigenvalue weighted by Gasteiger charge is -2.12. The molecule has 0 aliphatic heterocycles. The van der Waals surface area contributed by atoms with Crippen molar-refractivity contribution in [3.8, 4) is 6.07 Å². The quantitative estimate of drug-likeness (QED) is 0.429. The first-order valence-corrected chi connectivity index (χ1v) is 10.0. The third-order valence-electron chi connectivity index (χ3n) is 4.44. The van der Waals surface area contributed by atoms with E-state index in [0.717, 1.165) is 16.8 Å². The Bertz CT molecular complexity index is 1170. The van der Waals surface area contributed by atoms with Crippen molar-refractivity contribution in [3.05, 3.63) is 77.4 Å². The van der Waals surface area contributed by atoms with Crippen LogP contribution in [0.25, 0.3) is 0 Å². The maximum Gasteiger partial charge on any atom is 0.221 e. The van der Waals surface area contributed by atoms with Crippen LogP contribution in [-0.2, 0) is 22.7 Å². The normalized spacial score (nSPS) is 10.0. The maximum absolute atomic E-state index is 11.3. The Labute approximate surface area is 186 Å². The minimum absolute atomic E-state index is 0.123. The molecule has 0 saturated carbocycles. The van der Waals surface area contributed by atoms with Crippen LogP contribution in [0.2, 0.25) is 0 Å². The molecule has 4 N–H and O–H groups in total. The molecule has 0 radical (unpaired) electrons. The van der Waals surface area contributed by atoms with Gasteiger partial charge in [-0.2, -0.15) is 5.26 Å². The summed E-state index contributed by atoms with van der Waals surface area (Å²) in [5.74, 6) is 0.824. The highest BCUT2D eigenvalue weighted by Gasteiger charge is 2.07. The van der Waals surface area contributed by atoms with Crippen LogP contribution in [0.3, 0.4) is 0 Å². The lowest BCUT2D eigenvalue weighted by molar-refractivity contribution is -0.115. The van der Waals surface area contributed by atoms with Gasteiger partial charge in [-0.25, -0.2) is 4.98 Å². The maximum atomic E-state index is 11.3. The monoisotopic (exact) mass is 428 g/mol. The molecule has 2 aromatic carbocycles. The molecular weight excluding hydrogens is 404 g/mol. The predicted molar refractivity (Wildman–Crippen MR) is 125 cm³/mol. The molecule has 0 atom stereocenters. The average Bonchev–Trinajstić information content (AvgIpc) is 2.76. The summed E-state index contributed by atoms with van der Waals surface area (Å²) in [5, 5.41) is 21.4. The van der Waals surface area contributed by atoms with E-state index < -0.39 is 0 Å². The predicted octanol–water partition coefficient (Wildman–Crippen LogP) is 4.09. The number of carbonyl (C=O) groups is 2. The van der Waals surface area contributed by atoms with Crippen molar-refractivity contribution in [2.24, 2.45) is 0 Å². The number of nitrogens with one attached hydrogen (secondary N) is 4. The highest BCUT2D eigenvalue weighted by Crippen LogP contribution is 2.19. The molecular formula is C24H24N6O2. The number of rotatable bonds is 8. The molecule has 2 amide bonds. The fourth-order valence-corrected chi connectivity index (χ4v) is 3.09. The van der Waals surface area contributed by atoms with E-state index >= 15 is 0 Å². The smallest absolute Gasteiger partial charge is 0.221 e. The minimum Gasteiger partial charge on any atom is -0.366 e. The zero-order valence-corrected chi connectivity index (χ0v) is 17.9. The Morgan fingerprint density at radius 3 is 1.94 bits per heavy atom. The SMILES string of the molecule is CC(=O)Nc1cccc(CNc2ccc(C#N)c(NCc3cccc(NC(C)=O)c3)n2)c1.